The molecule has 1 aromatic heterocycles. The molecule has 1 unspecified atom stereocenters. The summed E-state index contributed by atoms with van der Waals surface area (Å²) in [5.74, 6) is 2.22. The number of carbonyl (C=O) groups excluding carboxylic acids is 1. The summed E-state index contributed by atoms with van der Waals surface area (Å²) in [6.45, 7) is 7.13. The first kappa shape index (κ1) is 22.3. The van der Waals surface area contributed by atoms with Crippen LogP contribution in [0.4, 0.5) is 0 Å². The highest BCUT2D eigenvalue weighted by Gasteiger charge is 2.26. The lowest BCUT2D eigenvalue weighted by atomic mass is 10.0. The zero-order valence-electron chi connectivity index (χ0n) is 17.4. The monoisotopic (exact) mass is 402 g/mol. The van der Waals surface area contributed by atoms with Crippen LogP contribution in [0, 0.1) is 6.92 Å². The molecule has 1 heterocycles. The molecule has 0 aliphatic heterocycles. The normalized spacial score (nSPS) is 13.5. The van der Waals surface area contributed by atoms with E-state index in [1.165, 1.54) is 0 Å². The van der Waals surface area contributed by atoms with Crippen LogP contribution >= 0.6 is 0 Å². The van der Waals surface area contributed by atoms with Crippen molar-refractivity contribution in [3.8, 4) is 5.75 Å². The van der Waals surface area contributed by atoms with E-state index in [1.807, 2.05) is 19.9 Å². The van der Waals surface area contributed by atoms with Crippen molar-refractivity contribution in [3.05, 3.63) is 53.5 Å². The Morgan fingerprint density at radius 3 is 2.62 bits per heavy atom. The van der Waals surface area contributed by atoms with Crippen molar-refractivity contribution in [2.24, 2.45) is 4.99 Å². The van der Waals surface area contributed by atoms with Crippen molar-refractivity contribution in [2.75, 3.05) is 33.3 Å². The molecule has 0 spiro atoms. The Bertz CT molecular complexity index is 830. The van der Waals surface area contributed by atoms with Gasteiger partial charge in [0.2, 0.25) is 0 Å². The Morgan fingerprint density at radius 1 is 1.21 bits per heavy atom. The number of hydrogen-bond donors (Lipinski definition) is 4. The van der Waals surface area contributed by atoms with Crippen LogP contribution in [0.3, 0.4) is 0 Å². The average molecular weight is 402 g/mol. The molecule has 0 aliphatic rings. The standard InChI is InChI=1S/C21H30N4O4/c1-5-22-20(25-14-21(3,27)18-10-9-15(2)29-18)24-12-11-23-19(26)16-7-6-8-17(13-16)28-4/h6-10,13,27H,5,11-12,14H2,1-4H3,(H,23,26)(H2,22,24,25). The molecule has 29 heavy (non-hydrogen) atoms. The minimum Gasteiger partial charge on any atom is -0.497 e. The fourth-order valence-corrected chi connectivity index (χ4v) is 2.60. The molecular weight excluding hydrogens is 372 g/mol. The van der Waals surface area contributed by atoms with E-state index in [-0.39, 0.29) is 12.5 Å². The van der Waals surface area contributed by atoms with Gasteiger partial charge in [-0.05, 0) is 51.1 Å². The quantitative estimate of drug-likeness (QED) is 0.289. The number of nitrogens with one attached hydrogen (secondary N) is 3. The summed E-state index contributed by atoms with van der Waals surface area (Å²) >= 11 is 0. The molecule has 0 aliphatic carbocycles. The van der Waals surface area contributed by atoms with Crippen molar-refractivity contribution >= 4 is 11.9 Å². The van der Waals surface area contributed by atoms with Gasteiger partial charge in [0.05, 0.1) is 13.7 Å². The van der Waals surface area contributed by atoms with Gasteiger partial charge >= 0.3 is 0 Å². The second-order valence-electron chi connectivity index (χ2n) is 6.79. The number of ether oxygens (including phenoxy) is 1. The number of carbonyl (C=O) groups is 1. The van der Waals surface area contributed by atoms with Gasteiger partial charge in [-0.3, -0.25) is 4.79 Å². The molecule has 1 amide bonds. The molecule has 2 aromatic rings. The SMILES string of the molecule is CCNC(=NCC(C)(O)c1ccc(C)o1)NCCNC(=O)c1cccc(OC)c1. The molecule has 1 aromatic carbocycles. The van der Waals surface area contributed by atoms with Crippen molar-refractivity contribution < 1.29 is 19.1 Å². The number of rotatable bonds is 9. The van der Waals surface area contributed by atoms with Gasteiger partial charge in [-0.2, -0.15) is 0 Å². The van der Waals surface area contributed by atoms with Gasteiger partial charge in [-0.25, -0.2) is 4.99 Å². The average Bonchev–Trinajstić information content (AvgIpc) is 3.16. The summed E-state index contributed by atoms with van der Waals surface area (Å²) in [6.07, 6.45) is 0. The molecular formula is C21H30N4O4. The number of hydrogen-bond acceptors (Lipinski definition) is 5. The van der Waals surface area contributed by atoms with E-state index in [2.05, 4.69) is 20.9 Å². The molecule has 0 bridgehead atoms. The van der Waals surface area contributed by atoms with Crippen LogP contribution < -0.4 is 20.7 Å². The highest BCUT2D eigenvalue weighted by Crippen LogP contribution is 2.23. The maximum absolute atomic E-state index is 12.2. The second kappa shape index (κ2) is 10.5. The van der Waals surface area contributed by atoms with Gasteiger partial charge < -0.3 is 30.2 Å². The van der Waals surface area contributed by atoms with Crippen LogP contribution in [0.15, 0.2) is 45.8 Å². The third-order valence-electron chi connectivity index (χ3n) is 4.20. The van der Waals surface area contributed by atoms with Crippen LogP contribution in [-0.2, 0) is 5.60 Å². The first-order chi connectivity index (χ1) is 13.9. The molecule has 158 valence electrons. The number of guanidine groups is 1. The van der Waals surface area contributed by atoms with E-state index in [0.717, 1.165) is 5.76 Å². The van der Waals surface area contributed by atoms with E-state index in [0.29, 0.717) is 42.7 Å². The summed E-state index contributed by atoms with van der Waals surface area (Å²) in [6, 6.07) is 10.5. The fraction of sp³-hybridized carbons (Fsp3) is 0.429. The Balaban J connectivity index is 1.85. The van der Waals surface area contributed by atoms with Gasteiger partial charge in [0.25, 0.3) is 5.91 Å². The van der Waals surface area contributed by atoms with Crippen molar-refractivity contribution in [1.82, 2.24) is 16.0 Å². The zero-order valence-corrected chi connectivity index (χ0v) is 17.4. The number of furan rings is 1. The lowest BCUT2D eigenvalue weighted by Gasteiger charge is -2.19. The van der Waals surface area contributed by atoms with Gasteiger partial charge in [-0.1, -0.05) is 6.07 Å². The predicted octanol–water partition coefficient (Wildman–Crippen LogP) is 1.79. The largest absolute Gasteiger partial charge is 0.497 e. The topological polar surface area (TPSA) is 108 Å². The van der Waals surface area contributed by atoms with Crippen LogP contribution in [-0.4, -0.2) is 50.3 Å². The number of methoxy groups -OCH3 is 1. The maximum atomic E-state index is 12.2. The maximum Gasteiger partial charge on any atom is 0.251 e. The number of aliphatic imine (C=N–C) groups is 1. The summed E-state index contributed by atoms with van der Waals surface area (Å²) in [5, 5.41) is 19.7. The number of aryl methyl sites for hydroxylation is 1. The summed E-state index contributed by atoms with van der Waals surface area (Å²) in [5.41, 5.74) is -0.674. The highest BCUT2D eigenvalue weighted by molar-refractivity contribution is 5.94. The Morgan fingerprint density at radius 2 is 1.97 bits per heavy atom. The number of benzene rings is 1. The molecule has 0 saturated carbocycles. The first-order valence-corrected chi connectivity index (χ1v) is 9.59. The third-order valence-corrected chi connectivity index (χ3v) is 4.20. The Labute approximate surface area is 171 Å². The molecule has 4 N–H and O–H groups in total. The van der Waals surface area contributed by atoms with Gasteiger partial charge in [-0.15, -0.1) is 0 Å². The number of aliphatic hydroxyl groups is 1. The van der Waals surface area contributed by atoms with Gasteiger partial charge in [0, 0.05) is 25.2 Å². The summed E-state index contributed by atoms with van der Waals surface area (Å²) < 4.78 is 10.6. The molecule has 0 radical (unpaired) electrons. The van der Waals surface area contributed by atoms with Gasteiger partial charge in [0.1, 0.15) is 22.9 Å². The van der Waals surface area contributed by atoms with E-state index >= 15 is 0 Å². The summed E-state index contributed by atoms with van der Waals surface area (Å²) in [4.78, 5) is 16.6. The minimum absolute atomic E-state index is 0.130. The molecule has 8 heteroatoms. The van der Waals surface area contributed by atoms with Crippen molar-refractivity contribution in [3.63, 3.8) is 0 Å². The minimum atomic E-state index is -1.21. The number of amides is 1. The summed E-state index contributed by atoms with van der Waals surface area (Å²) in [7, 11) is 1.56. The van der Waals surface area contributed by atoms with E-state index < -0.39 is 5.60 Å². The van der Waals surface area contributed by atoms with Crippen molar-refractivity contribution in [1.29, 1.82) is 0 Å². The Kier molecular flexibility index (Phi) is 8.09. The van der Waals surface area contributed by atoms with Crippen molar-refractivity contribution in [2.45, 2.75) is 26.4 Å². The lowest BCUT2D eigenvalue weighted by molar-refractivity contribution is 0.0428. The van der Waals surface area contributed by atoms with E-state index in [1.54, 1.807) is 44.4 Å². The van der Waals surface area contributed by atoms with Crippen LogP contribution in [0.2, 0.25) is 0 Å². The molecule has 1 atom stereocenters. The number of nitrogens with zero attached hydrogens (tertiary/aromatic N) is 1. The van der Waals surface area contributed by atoms with Gasteiger partial charge in [0.15, 0.2) is 5.96 Å². The molecule has 0 fully saturated rings. The molecule has 8 nitrogen and oxygen atoms in total. The first-order valence-electron chi connectivity index (χ1n) is 9.59. The molecule has 0 saturated heterocycles. The predicted molar refractivity (Wildman–Crippen MR) is 112 cm³/mol. The Hall–Kier alpha value is -3.00. The highest BCUT2D eigenvalue weighted by atomic mass is 16.5. The van der Waals surface area contributed by atoms with Crippen LogP contribution in [0.1, 0.15) is 35.7 Å². The smallest absolute Gasteiger partial charge is 0.251 e. The lowest BCUT2D eigenvalue weighted by Crippen LogP contribution is -2.42. The van der Waals surface area contributed by atoms with E-state index in [9.17, 15) is 9.90 Å². The van der Waals surface area contributed by atoms with Crippen LogP contribution in [0.25, 0.3) is 0 Å². The third kappa shape index (κ3) is 6.83. The zero-order chi connectivity index (χ0) is 21.3. The van der Waals surface area contributed by atoms with E-state index in [4.69, 9.17) is 9.15 Å². The molecule has 2 rings (SSSR count). The second-order valence-corrected chi connectivity index (χ2v) is 6.79. The fourth-order valence-electron chi connectivity index (χ4n) is 2.60. The van der Waals surface area contributed by atoms with Crippen LogP contribution in [0.5, 0.6) is 5.75 Å².